The number of hydrogen-bond donors (Lipinski definition) is 1. The summed E-state index contributed by atoms with van der Waals surface area (Å²) in [6.07, 6.45) is 0. The minimum atomic E-state index is -0.250. The summed E-state index contributed by atoms with van der Waals surface area (Å²) in [5, 5.41) is 6.89. The molecule has 0 rings (SSSR count). The van der Waals surface area contributed by atoms with Gasteiger partial charge in [-0.2, -0.15) is 0 Å². The van der Waals surface area contributed by atoms with Gasteiger partial charge in [0.2, 0.25) is 0 Å². The SMILES string of the molecule is O.O.O=BO.[Ca+2].[H-].[H-]. The van der Waals surface area contributed by atoms with Gasteiger partial charge in [-0.15, -0.1) is 0 Å². The summed E-state index contributed by atoms with van der Waals surface area (Å²) in [6.45, 7) is 0. The van der Waals surface area contributed by atoms with Crippen LogP contribution >= 0.6 is 0 Å². The van der Waals surface area contributed by atoms with Gasteiger partial charge in [0.1, 0.15) is 0 Å². The van der Waals surface area contributed by atoms with E-state index >= 15 is 0 Å². The molecule has 0 bridgehead atoms. The molecule has 0 fully saturated rings. The molecule has 6 heteroatoms. The van der Waals surface area contributed by atoms with E-state index in [1.807, 2.05) is 0 Å². The molecule has 0 heterocycles. The maximum absolute atomic E-state index is 8.36. The van der Waals surface area contributed by atoms with Crippen LogP contribution in [0.4, 0.5) is 0 Å². The first-order valence-corrected chi connectivity index (χ1v) is 0.494. The minimum Gasteiger partial charge on any atom is -1.00 e. The topological polar surface area (TPSA) is 100 Å². The Morgan fingerprint density at radius 1 is 1.50 bits per heavy atom. The first kappa shape index (κ1) is 28.9. The van der Waals surface area contributed by atoms with E-state index in [0.29, 0.717) is 0 Å². The van der Waals surface area contributed by atoms with Crippen LogP contribution in [0.1, 0.15) is 2.85 Å². The summed E-state index contributed by atoms with van der Waals surface area (Å²) in [4.78, 5) is 0. The molecule has 0 saturated carbocycles. The van der Waals surface area contributed by atoms with E-state index in [1.165, 1.54) is 0 Å². The van der Waals surface area contributed by atoms with Gasteiger partial charge in [-0.1, -0.05) is 0 Å². The van der Waals surface area contributed by atoms with E-state index in [-0.39, 0.29) is 58.9 Å². The molecule has 0 amide bonds. The predicted molar refractivity (Wildman–Crippen MR) is 23.9 cm³/mol. The molecular weight excluding hydrogens is 115 g/mol. The van der Waals surface area contributed by atoms with Crippen LogP contribution in [-0.2, 0) is 4.70 Å². The summed E-state index contributed by atoms with van der Waals surface area (Å²) < 4.78 is 8.36. The molecule has 36 valence electrons. The number of hydrogen-bond acceptors (Lipinski definition) is 1. The monoisotopic (exact) mass is 122 g/mol. The van der Waals surface area contributed by atoms with Crippen molar-refractivity contribution < 1.29 is 23.5 Å². The second-order valence-electron chi connectivity index (χ2n) is 0.105. The van der Waals surface area contributed by atoms with Gasteiger partial charge < -0.3 is 13.8 Å². The molecule has 0 aliphatic rings. The van der Waals surface area contributed by atoms with Gasteiger partial charge in [0, 0.05) is 0 Å². The third-order valence-corrected chi connectivity index (χ3v) is 0. The van der Waals surface area contributed by atoms with Gasteiger partial charge in [-0.25, -0.2) is 0 Å². The van der Waals surface area contributed by atoms with Crippen molar-refractivity contribution in [3.05, 3.63) is 0 Å². The third-order valence-electron chi connectivity index (χ3n) is 0. The molecule has 0 saturated heterocycles. The molecule has 4 nitrogen and oxygen atoms in total. The zero-order valence-corrected chi connectivity index (χ0v) is 5.35. The van der Waals surface area contributed by atoms with E-state index in [1.54, 1.807) is 0 Å². The first-order chi connectivity index (χ1) is 1.41. The maximum atomic E-state index is 8.36. The average Bonchev–Trinajstić information content (AvgIpc) is 0.918. The van der Waals surface area contributed by atoms with E-state index in [2.05, 4.69) is 0 Å². The largest absolute Gasteiger partial charge is 2.00 e. The molecule has 0 spiro atoms. The molecular formula is H7BCaO4. The van der Waals surface area contributed by atoms with Crippen molar-refractivity contribution in [1.82, 2.24) is 0 Å². The minimum absolute atomic E-state index is 0. The standard InChI is InChI=1S/BHO2.Ca.2H2O.2H/c2-1-3;;;;;/h2H;;2*1H2;;/q;+2;;;2*-1. The van der Waals surface area contributed by atoms with Crippen molar-refractivity contribution in [2.45, 2.75) is 0 Å². The van der Waals surface area contributed by atoms with Gasteiger partial charge in [-0.3, -0.25) is 0 Å². The molecule has 0 radical (unpaired) electrons. The molecule has 0 aromatic heterocycles. The van der Waals surface area contributed by atoms with Crippen LogP contribution in [0.25, 0.3) is 0 Å². The fraction of sp³-hybridized carbons (Fsp3) is 0. The van der Waals surface area contributed by atoms with Crippen molar-refractivity contribution in [1.29, 1.82) is 0 Å². The van der Waals surface area contributed by atoms with E-state index < -0.39 is 0 Å². The van der Waals surface area contributed by atoms with Crippen LogP contribution in [0.2, 0.25) is 0 Å². The zero-order valence-electron chi connectivity index (χ0n) is 5.14. The Hall–Kier alpha value is 0.845. The summed E-state index contributed by atoms with van der Waals surface area (Å²) in [7, 11) is -0.250. The first-order valence-electron chi connectivity index (χ1n) is 0.494. The molecule has 6 heavy (non-hydrogen) atoms. The van der Waals surface area contributed by atoms with Crippen molar-refractivity contribution in [2.75, 3.05) is 0 Å². The molecule has 0 unspecified atom stereocenters. The predicted octanol–water partition coefficient (Wildman–Crippen LogP) is -2.86. The van der Waals surface area contributed by atoms with Crippen LogP contribution < -0.4 is 0 Å². The Morgan fingerprint density at radius 2 is 1.50 bits per heavy atom. The Kier molecular flexibility index (Phi) is 194. The van der Waals surface area contributed by atoms with Gasteiger partial charge in [0.05, 0.1) is 0 Å². The van der Waals surface area contributed by atoms with E-state index in [0.717, 1.165) is 0 Å². The van der Waals surface area contributed by atoms with Crippen LogP contribution in [0.5, 0.6) is 0 Å². The second-order valence-corrected chi connectivity index (χ2v) is 0.105. The second kappa shape index (κ2) is 40.3. The van der Waals surface area contributed by atoms with Crippen LogP contribution in [0, 0.1) is 0 Å². The van der Waals surface area contributed by atoms with Gasteiger partial charge in [0.15, 0.2) is 0 Å². The summed E-state index contributed by atoms with van der Waals surface area (Å²) >= 11 is 0. The van der Waals surface area contributed by atoms with Crippen molar-refractivity contribution >= 4 is 45.1 Å². The Bertz CT molecular complexity index is 21.5. The summed E-state index contributed by atoms with van der Waals surface area (Å²) in [5.74, 6) is 0. The molecule has 0 aromatic rings. The van der Waals surface area contributed by atoms with Crippen LogP contribution in [0.3, 0.4) is 0 Å². The van der Waals surface area contributed by atoms with Crippen LogP contribution in [-0.4, -0.2) is 61.1 Å². The van der Waals surface area contributed by atoms with Crippen molar-refractivity contribution in [3.8, 4) is 0 Å². The normalized spacial score (nSPS) is 1.33. The fourth-order valence-electron chi connectivity index (χ4n) is 0. The van der Waals surface area contributed by atoms with Crippen LogP contribution in [0.15, 0.2) is 0 Å². The number of rotatable bonds is 0. The molecule has 5 N–H and O–H groups in total. The Balaban J connectivity index is -0.00000000200. The van der Waals surface area contributed by atoms with E-state index in [4.69, 9.17) is 9.73 Å². The van der Waals surface area contributed by atoms with Crippen molar-refractivity contribution in [3.63, 3.8) is 0 Å². The zero-order chi connectivity index (χ0) is 2.71. The third kappa shape index (κ3) is 100. The Morgan fingerprint density at radius 3 is 1.50 bits per heavy atom. The van der Waals surface area contributed by atoms with Gasteiger partial charge >= 0.3 is 54.8 Å². The maximum Gasteiger partial charge on any atom is 2.00 e. The molecule has 0 aromatic carbocycles. The smallest absolute Gasteiger partial charge is 1.00 e. The quantitative estimate of drug-likeness (QED) is 0.349. The Labute approximate surface area is 68.4 Å². The summed E-state index contributed by atoms with van der Waals surface area (Å²) in [5.41, 5.74) is 0. The molecule has 0 aliphatic carbocycles. The van der Waals surface area contributed by atoms with Crippen molar-refractivity contribution in [2.24, 2.45) is 0 Å². The molecule has 0 atom stereocenters. The molecule has 0 aliphatic heterocycles. The average molecular weight is 122 g/mol. The van der Waals surface area contributed by atoms with Gasteiger partial charge in [0.25, 0.3) is 0 Å². The fourth-order valence-corrected chi connectivity index (χ4v) is 0. The summed E-state index contributed by atoms with van der Waals surface area (Å²) in [6, 6.07) is 0. The van der Waals surface area contributed by atoms with E-state index in [9.17, 15) is 0 Å². The van der Waals surface area contributed by atoms with Gasteiger partial charge in [-0.05, 0) is 0 Å².